The van der Waals surface area contributed by atoms with Gasteiger partial charge in [0.05, 0.1) is 5.69 Å². The molecule has 5 atom stereocenters. The molecule has 0 aromatic carbocycles. The molecular weight excluding hydrogens is 442 g/mol. The van der Waals surface area contributed by atoms with Gasteiger partial charge in [0, 0.05) is 0 Å². The minimum Gasteiger partial charge on any atom is -0.431 e. The van der Waals surface area contributed by atoms with Crippen molar-refractivity contribution in [3.8, 4) is 6.07 Å². The van der Waals surface area contributed by atoms with Gasteiger partial charge in [-0.3, -0.25) is 0 Å². The molecule has 11 nitrogen and oxygen atoms in total. The van der Waals surface area contributed by atoms with E-state index in [0.717, 1.165) is 25.7 Å². The quantitative estimate of drug-likeness (QED) is 0.666. The van der Waals surface area contributed by atoms with Crippen LogP contribution < -0.4 is 5.73 Å². The Morgan fingerprint density at radius 3 is 2.74 bits per heavy atom. The second-order valence-corrected chi connectivity index (χ2v) is 10.2. The van der Waals surface area contributed by atoms with Crippen molar-refractivity contribution in [2.24, 2.45) is 5.92 Å². The first-order valence-electron chi connectivity index (χ1n) is 11.6. The summed E-state index contributed by atoms with van der Waals surface area (Å²) < 4.78 is 31.5. The highest BCUT2D eigenvalue weighted by Crippen LogP contribution is 2.71. The zero-order valence-corrected chi connectivity index (χ0v) is 19.3. The van der Waals surface area contributed by atoms with E-state index in [1.54, 1.807) is 30.5 Å². The third-order valence-corrected chi connectivity index (χ3v) is 7.50. The molecule has 2 N–H and O–H groups in total. The molecule has 2 aliphatic carbocycles. The number of hydrogen-bond acceptors (Lipinski definition) is 10. The lowest BCUT2D eigenvalue weighted by Crippen LogP contribution is -2.34. The Labute approximate surface area is 196 Å². The highest BCUT2D eigenvalue weighted by Gasteiger charge is 2.96. The zero-order chi connectivity index (χ0) is 23.9. The average Bonchev–Trinajstić information content (AvgIpc) is 3.16. The van der Waals surface area contributed by atoms with Crippen LogP contribution in [0.2, 0.25) is 0 Å². The number of nitrogens with zero attached hydrogens (tertiary/aromatic N) is 4. The van der Waals surface area contributed by atoms with Crippen molar-refractivity contribution in [1.29, 1.82) is 5.26 Å². The molecule has 2 aromatic heterocycles. The summed E-state index contributed by atoms with van der Waals surface area (Å²) in [5.74, 6) is -0.0705. The molecule has 11 heteroatoms. The number of hydrogen-bond donors (Lipinski definition) is 1. The van der Waals surface area contributed by atoms with E-state index in [0.29, 0.717) is 22.9 Å². The SMILES string of the molecule is CC1CCC(OC(=O)OC2[C@@]3(C#N)O[C@@H](c4ccc5c(N)ncnn45)[C@@H]4OC(C)(C)O[C@@]243)CC1. The third kappa shape index (κ3) is 2.82. The molecule has 2 saturated heterocycles. The fraction of sp³-hybridized carbons (Fsp3) is 0.652. The topological polar surface area (TPSA) is 143 Å². The molecule has 34 heavy (non-hydrogen) atoms. The molecule has 1 unspecified atom stereocenters. The predicted octanol–water partition coefficient (Wildman–Crippen LogP) is 2.65. The molecule has 6 rings (SSSR count). The van der Waals surface area contributed by atoms with Gasteiger partial charge in [-0.15, -0.1) is 0 Å². The molecule has 0 amide bonds. The molecule has 0 radical (unpaired) electrons. The normalized spacial score (nSPS) is 39.8. The van der Waals surface area contributed by atoms with Crippen LogP contribution in [0.25, 0.3) is 5.52 Å². The Hall–Kier alpha value is -2.94. The first-order valence-corrected chi connectivity index (χ1v) is 11.6. The Bertz CT molecular complexity index is 1200. The van der Waals surface area contributed by atoms with E-state index in [1.807, 2.05) is 0 Å². The first kappa shape index (κ1) is 21.6. The number of carbonyl (C=O) groups excluding carboxylic acids is 1. The van der Waals surface area contributed by atoms with Gasteiger partial charge in [-0.25, -0.2) is 14.3 Å². The van der Waals surface area contributed by atoms with Gasteiger partial charge in [0.15, 0.2) is 23.3 Å². The van der Waals surface area contributed by atoms with Crippen molar-refractivity contribution >= 4 is 17.5 Å². The Kier molecular flexibility index (Phi) is 4.47. The maximum absolute atomic E-state index is 12.7. The number of anilines is 1. The van der Waals surface area contributed by atoms with Crippen LogP contribution in [0.3, 0.4) is 0 Å². The summed E-state index contributed by atoms with van der Waals surface area (Å²) in [5.41, 5.74) is 4.41. The smallest absolute Gasteiger partial charge is 0.431 e. The molecule has 1 spiro atoms. The van der Waals surface area contributed by atoms with Crippen molar-refractivity contribution in [3.63, 3.8) is 0 Å². The van der Waals surface area contributed by atoms with E-state index in [2.05, 4.69) is 23.1 Å². The number of nitrogen functional groups attached to an aromatic ring is 1. The van der Waals surface area contributed by atoms with Crippen molar-refractivity contribution in [3.05, 3.63) is 24.2 Å². The van der Waals surface area contributed by atoms with Gasteiger partial charge in [-0.2, -0.15) is 10.4 Å². The molecular formula is C23H27N5O6. The van der Waals surface area contributed by atoms with E-state index >= 15 is 0 Å². The minimum absolute atomic E-state index is 0.184. The maximum atomic E-state index is 12.7. The monoisotopic (exact) mass is 469 g/mol. The largest absolute Gasteiger partial charge is 0.509 e. The van der Waals surface area contributed by atoms with E-state index in [-0.39, 0.29) is 6.10 Å². The summed E-state index contributed by atoms with van der Waals surface area (Å²) in [5, 5.41) is 14.5. The molecule has 180 valence electrons. The lowest BCUT2D eigenvalue weighted by atomic mass is 9.89. The van der Waals surface area contributed by atoms with Gasteiger partial charge in [-0.05, 0) is 57.6 Å². The molecule has 4 heterocycles. The average molecular weight is 469 g/mol. The number of nitriles is 1. The zero-order valence-electron chi connectivity index (χ0n) is 19.3. The van der Waals surface area contributed by atoms with Crippen LogP contribution in [0, 0.1) is 17.2 Å². The molecule has 4 fully saturated rings. The van der Waals surface area contributed by atoms with E-state index in [9.17, 15) is 10.1 Å². The van der Waals surface area contributed by atoms with Crippen molar-refractivity contribution in [1.82, 2.24) is 14.6 Å². The molecule has 4 aliphatic rings. The second kappa shape index (κ2) is 7.04. The Balaban J connectivity index is 1.28. The van der Waals surface area contributed by atoms with E-state index < -0.39 is 41.5 Å². The second-order valence-electron chi connectivity index (χ2n) is 10.2. The number of aromatic nitrogens is 3. The lowest BCUT2D eigenvalue weighted by molar-refractivity contribution is -0.182. The summed E-state index contributed by atoms with van der Waals surface area (Å²) in [7, 11) is 0. The van der Waals surface area contributed by atoms with Gasteiger partial charge in [0.1, 0.15) is 36.2 Å². The van der Waals surface area contributed by atoms with Crippen molar-refractivity contribution < 1.29 is 28.5 Å². The third-order valence-electron chi connectivity index (χ3n) is 7.50. The fourth-order valence-electron chi connectivity index (χ4n) is 5.84. The summed E-state index contributed by atoms with van der Waals surface area (Å²) in [6, 6.07) is 5.79. The fourth-order valence-corrected chi connectivity index (χ4v) is 5.84. The predicted molar refractivity (Wildman–Crippen MR) is 115 cm³/mol. The van der Waals surface area contributed by atoms with Crippen molar-refractivity contribution in [2.75, 3.05) is 5.73 Å². The number of rotatable bonds is 3. The van der Waals surface area contributed by atoms with Crippen LogP contribution >= 0.6 is 0 Å². The van der Waals surface area contributed by atoms with Crippen LogP contribution in [0.5, 0.6) is 0 Å². The maximum Gasteiger partial charge on any atom is 0.509 e. The molecule has 2 saturated carbocycles. The molecule has 2 aliphatic heterocycles. The summed E-state index contributed by atoms with van der Waals surface area (Å²) >= 11 is 0. The van der Waals surface area contributed by atoms with Gasteiger partial charge >= 0.3 is 6.16 Å². The molecule has 0 bridgehead atoms. The number of nitrogens with two attached hydrogens (primary N) is 1. The first-order chi connectivity index (χ1) is 16.2. The van der Waals surface area contributed by atoms with E-state index in [1.165, 1.54) is 6.33 Å². The standard InChI is InChI=1S/C23H27N5O6/c1-12-4-6-13(7-5-12)30-20(29)31-19-22(10-24)23(19)17(33-21(2,3)34-23)16(32-22)14-8-9-15-18(25)26-11-27-28(14)15/h8-9,11-13,16-17,19H,4-7H2,1-3H3,(H2,25,26,27)/t12?,13?,16-,17-,19?,22+,23+/m0/s1. The Morgan fingerprint density at radius 1 is 1.24 bits per heavy atom. The van der Waals surface area contributed by atoms with Crippen LogP contribution in [-0.2, 0) is 23.7 Å². The van der Waals surface area contributed by atoms with Gasteiger partial charge in [0.2, 0.25) is 5.60 Å². The van der Waals surface area contributed by atoms with Crippen LogP contribution in [0.1, 0.15) is 58.3 Å². The van der Waals surface area contributed by atoms with Crippen LogP contribution in [-0.4, -0.2) is 56.1 Å². The van der Waals surface area contributed by atoms with Gasteiger partial charge < -0.3 is 29.4 Å². The minimum atomic E-state index is -1.53. The molecule has 2 aromatic rings. The van der Waals surface area contributed by atoms with Crippen LogP contribution in [0.15, 0.2) is 18.5 Å². The summed E-state index contributed by atoms with van der Waals surface area (Å²) in [4.78, 5) is 16.7. The Morgan fingerprint density at radius 2 is 2.00 bits per heavy atom. The van der Waals surface area contributed by atoms with E-state index in [4.69, 9.17) is 29.4 Å². The van der Waals surface area contributed by atoms with Crippen molar-refractivity contribution in [2.45, 2.75) is 87.9 Å². The number of carbonyl (C=O) groups is 1. The van der Waals surface area contributed by atoms with Gasteiger partial charge in [0.25, 0.3) is 0 Å². The number of ether oxygens (including phenoxy) is 5. The van der Waals surface area contributed by atoms with Crippen LogP contribution in [0.4, 0.5) is 10.6 Å². The highest BCUT2D eigenvalue weighted by atomic mass is 16.8. The van der Waals surface area contributed by atoms with Gasteiger partial charge in [-0.1, -0.05) is 6.92 Å². The lowest BCUT2D eigenvalue weighted by Gasteiger charge is -2.26. The highest BCUT2D eigenvalue weighted by molar-refractivity contribution is 5.66. The summed E-state index contributed by atoms with van der Waals surface area (Å²) in [6.07, 6.45) is 1.57. The summed E-state index contributed by atoms with van der Waals surface area (Å²) in [6.45, 7) is 5.70. The number of fused-ring (bicyclic) bond motifs is 1.